The molecule has 0 saturated heterocycles. The summed E-state index contributed by atoms with van der Waals surface area (Å²) in [5.74, 6) is 0.300. The number of hydrogen-bond donors (Lipinski definition) is 1. The highest BCUT2D eigenvalue weighted by atomic mass is 16.1. The zero-order valence-corrected chi connectivity index (χ0v) is 12.9. The number of hydrogen-bond acceptors (Lipinski definition) is 2. The number of Topliss-reactive ketones (excluding diaryl/α,β-unsaturated/α-hetero) is 1. The molecule has 0 atom stereocenters. The molecule has 0 bridgehead atoms. The molecule has 1 aromatic rings. The van der Waals surface area contributed by atoms with Crippen LogP contribution in [-0.4, -0.2) is 11.7 Å². The van der Waals surface area contributed by atoms with Gasteiger partial charge in [-0.15, -0.1) is 0 Å². The maximum absolute atomic E-state index is 12.2. The van der Waals surface area contributed by atoms with Crippen LogP contribution in [0.1, 0.15) is 74.2 Å². The van der Waals surface area contributed by atoms with E-state index in [-0.39, 0.29) is 11.7 Å². The van der Waals surface area contributed by atoms with Crippen LogP contribution < -0.4 is 5.32 Å². The van der Waals surface area contributed by atoms with Gasteiger partial charge in [-0.2, -0.15) is 0 Å². The molecule has 114 valence electrons. The Hall–Kier alpha value is -1.64. The van der Waals surface area contributed by atoms with Crippen molar-refractivity contribution in [2.24, 2.45) is 0 Å². The number of fused-ring (bicyclic) bond motifs is 1. The highest BCUT2D eigenvalue weighted by Crippen LogP contribution is 2.24. The molecule has 1 heterocycles. The zero-order valence-electron chi connectivity index (χ0n) is 12.9. The first-order valence-corrected chi connectivity index (χ1v) is 8.16. The van der Waals surface area contributed by atoms with Crippen LogP contribution in [0, 0.1) is 0 Å². The number of nitrogens with one attached hydrogen (secondary N) is 1. The topological polar surface area (TPSA) is 46.2 Å². The number of anilines is 1. The van der Waals surface area contributed by atoms with Crippen LogP contribution in [0.5, 0.6) is 0 Å². The Bertz CT molecular complexity index is 508. The van der Waals surface area contributed by atoms with Crippen molar-refractivity contribution in [3.05, 3.63) is 29.3 Å². The minimum atomic E-state index is 0.0729. The minimum absolute atomic E-state index is 0.0729. The quantitative estimate of drug-likeness (QED) is 0.592. The van der Waals surface area contributed by atoms with E-state index in [1.807, 2.05) is 18.2 Å². The highest BCUT2D eigenvalue weighted by molar-refractivity contribution is 5.98. The number of carbonyl (C=O) groups is 2. The smallest absolute Gasteiger partial charge is 0.224 e. The van der Waals surface area contributed by atoms with Crippen molar-refractivity contribution in [2.75, 3.05) is 5.32 Å². The molecule has 1 aromatic carbocycles. The Morgan fingerprint density at radius 2 is 1.95 bits per heavy atom. The van der Waals surface area contributed by atoms with Gasteiger partial charge in [-0.3, -0.25) is 9.59 Å². The Balaban J connectivity index is 1.93. The Labute approximate surface area is 127 Å². The van der Waals surface area contributed by atoms with Crippen molar-refractivity contribution in [1.29, 1.82) is 0 Å². The van der Waals surface area contributed by atoms with Crippen molar-refractivity contribution in [3.8, 4) is 0 Å². The molecule has 1 N–H and O–H groups in total. The molecule has 21 heavy (non-hydrogen) atoms. The van der Waals surface area contributed by atoms with Crippen LogP contribution >= 0.6 is 0 Å². The van der Waals surface area contributed by atoms with Crippen LogP contribution in [0.3, 0.4) is 0 Å². The van der Waals surface area contributed by atoms with Crippen molar-refractivity contribution < 1.29 is 9.59 Å². The summed E-state index contributed by atoms with van der Waals surface area (Å²) in [6, 6.07) is 5.69. The van der Waals surface area contributed by atoms with Crippen molar-refractivity contribution in [1.82, 2.24) is 0 Å². The van der Waals surface area contributed by atoms with E-state index in [4.69, 9.17) is 0 Å². The van der Waals surface area contributed by atoms with Gasteiger partial charge in [0.05, 0.1) is 0 Å². The molecule has 1 aliphatic heterocycles. The van der Waals surface area contributed by atoms with Gasteiger partial charge in [-0.05, 0) is 43.0 Å². The molecule has 3 heteroatoms. The molecular weight excluding hydrogens is 262 g/mol. The fraction of sp³-hybridized carbons (Fsp3) is 0.556. The summed E-state index contributed by atoms with van der Waals surface area (Å²) in [4.78, 5) is 23.7. The molecule has 0 saturated carbocycles. The molecule has 0 spiro atoms. The second-order valence-corrected chi connectivity index (χ2v) is 5.86. The fourth-order valence-electron chi connectivity index (χ4n) is 2.78. The Morgan fingerprint density at radius 1 is 1.14 bits per heavy atom. The van der Waals surface area contributed by atoms with Gasteiger partial charge in [0.2, 0.25) is 5.91 Å². The standard InChI is InChI=1S/C18H25NO2/c1-2-3-4-5-6-9-17(20)15-11-12-16-14(13-15)8-7-10-18(21)19-16/h11-13H,2-10H2,1H3,(H,19,21). The van der Waals surface area contributed by atoms with Crippen molar-refractivity contribution in [3.63, 3.8) is 0 Å². The SMILES string of the molecule is CCCCCCCC(=O)c1ccc2c(c1)CCCC(=O)N2. The number of unbranched alkanes of at least 4 members (excludes halogenated alkanes) is 4. The van der Waals surface area contributed by atoms with Crippen LogP contribution in [0.25, 0.3) is 0 Å². The predicted octanol–water partition coefficient (Wildman–Crippen LogP) is 4.50. The average Bonchev–Trinajstić information content (AvgIpc) is 2.66. The lowest BCUT2D eigenvalue weighted by molar-refractivity contribution is -0.116. The van der Waals surface area contributed by atoms with E-state index < -0.39 is 0 Å². The molecule has 0 radical (unpaired) electrons. The van der Waals surface area contributed by atoms with Crippen LogP contribution in [0.15, 0.2) is 18.2 Å². The molecule has 0 aromatic heterocycles. The average molecular weight is 287 g/mol. The minimum Gasteiger partial charge on any atom is -0.326 e. The van der Waals surface area contributed by atoms with Crippen LogP contribution in [0.2, 0.25) is 0 Å². The van der Waals surface area contributed by atoms with E-state index >= 15 is 0 Å². The summed E-state index contributed by atoms with van der Waals surface area (Å²) >= 11 is 0. The number of aryl methyl sites for hydroxylation is 1. The summed E-state index contributed by atoms with van der Waals surface area (Å²) in [5, 5.41) is 2.90. The summed E-state index contributed by atoms with van der Waals surface area (Å²) in [7, 11) is 0. The van der Waals surface area contributed by atoms with Crippen LogP contribution in [0.4, 0.5) is 5.69 Å². The number of rotatable bonds is 7. The number of ketones is 1. The fourth-order valence-corrected chi connectivity index (χ4v) is 2.78. The highest BCUT2D eigenvalue weighted by Gasteiger charge is 2.14. The van der Waals surface area contributed by atoms with E-state index in [2.05, 4.69) is 12.2 Å². The molecule has 0 fully saturated rings. The van der Waals surface area contributed by atoms with E-state index in [1.165, 1.54) is 19.3 Å². The number of amides is 1. The van der Waals surface area contributed by atoms with Crippen molar-refractivity contribution >= 4 is 17.4 Å². The zero-order chi connectivity index (χ0) is 15.1. The maximum Gasteiger partial charge on any atom is 0.224 e. The van der Waals surface area contributed by atoms with Gasteiger partial charge in [0.15, 0.2) is 5.78 Å². The van der Waals surface area contributed by atoms with Gasteiger partial charge in [0.1, 0.15) is 0 Å². The molecule has 0 aliphatic carbocycles. The number of carbonyl (C=O) groups excluding carboxylic acids is 2. The first-order valence-electron chi connectivity index (χ1n) is 8.16. The first kappa shape index (κ1) is 15.7. The predicted molar refractivity (Wildman–Crippen MR) is 85.7 cm³/mol. The second-order valence-electron chi connectivity index (χ2n) is 5.86. The third-order valence-corrected chi connectivity index (χ3v) is 4.06. The van der Waals surface area contributed by atoms with Gasteiger partial charge in [-0.25, -0.2) is 0 Å². The Kier molecular flexibility index (Phi) is 5.97. The molecule has 0 unspecified atom stereocenters. The van der Waals surface area contributed by atoms with Gasteiger partial charge < -0.3 is 5.32 Å². The second kappa shape index (κ2) is 7.96. The third kappa shape index (κ3) is 4.69. The van der Waals surface area contributed by atoms with Crippen molar-refractivity contribution in [2.45, 2.75) is 64.7 Å². The largest absolute Gasteiger partial charge is 0.326 e. The monoisotopic (exact) mass is 287 g/mol. The first-order chi connectivity index (χ1) is 10.2. The lowest BCUT2D eigenvalue weighted by Gasteiger charge is -2.09. The molecular formula is C18H25NO2. The molecule has 2 rings (SSSR count). The summed E-state index contributed by atoms with van der Waals surface area (Å²) in [6.45, 7) is 2.19. The van der Waals surface area contributed by atoms with E-state index in [9.17, 15) is 9.59 Å². The van der Waals surface area contributed by atoms with Gasteiger partial charge >= 0.3 is 0 Å². The third-order valence-electron chi connectivity index (χ3n) is 4.06. The summed E-state index contributed by atoms with van der Waals surface area (Å²) in [6.07, 6.45) is 8.74. The Morgan fingerprint density at radius 3 is 2.76 bits per heavy atom. The summed E-state index contributed by atoms with van der Waals surface area (Å²) in [5.41, 5.74) is 2.76. The molecule has 1 aliphatic rings. The van der Waals surface area contributed by atoms with Gasteiger partial charge in [-0.1, -0.05) is 32.6 Å². The van der Waals surface area contributed by atoms with E-state index in [1.54, 1.807) is 0 Å². The molecule has 1 amide bonds. The lowest BCUT2D eigenvalue weighted by Crippen LogP contribution is -2.09. The maximum atomic E-state index is 12.2. The summed E-state index contributed by atoms with van der Waals surface area (Å²) < 4.78 is 0. The molecule has 3 nitrogen and oxygen atoms in total. The van der Waals surface area contributed by atoms with Crippen LogP contribution in [-0.2, 0) is 11.2 Å². The van der Waals surface area contributed by atoms with Gasteiger partial charge in [0, 0.05) is 24.1 Å². The van der Waals surface area contributed by atoms with E-state index in [0.29, 0.717) is 12.8 Å². The van der Waals surface area contributed by atoms with E-state index in [0.717, 1.165) is 42.5 Å². The lowest BCUT2D eigenvalue weighted by atomic mass is 9.99. The number of benzene rings is 1. The normalized spacial score (nSPS) is 14.2. The van der Waals surface area contributed by atoms with Gasteiger partial charge in [0.25, 0.3) is 0 Å².